The first-order valence-corrected chi connectivity index (χ1v) is 7.12. The topological polar surface area (TPSA) is 84.9 Å². The van der Waals surface area contributed by atoms with Gasteiger partial charge < -0.3 is 19.9 Å². The van der Waals surface area contributed by atoms with Crippen LogP contribution in [0.15, 0.2) is 24.3 Å². The van der Waals surface area contributed by atoms with Gasteiger partial charge in [0, 0.05) is 20.1 Å². The summed E-state index contributed by atoms with van der Waals surface area (Å²) < 4.78 is 10.5. The van der Waals surface area contributed by atoms with E-state index in [1.807, 2.05) is 12.1 Å². The van der Waals surface area contributed by atoms with Crippen LogP contribution in [0, 0.1) is 0 Å². The van der Waals surface area contributed by atoms with Crippen LogP contribution in [0.4, 0.5) is 0 Å². The first kappa shape index (κ1) is 18.0. The highest BCUT2D eigenvalue weighted by Gasteiger charge is 2.26. The van der Waals surface area contributed by atoms with Gasteiger partial charge in [0.25, 0.3) is 5.91 Å². The van der Waals surface area contributed by atoms with Gasteiger partial charge in [-0.2, -0.15) is 0 Å². The molecule has 1 rings (SSSR count). The lowest BCUT2D eigenvalue weighted by atomic mass is 10.1. The number of amides is 1. The lowest BCUT2D eigenvalue weighted by molar-refractivity contribution is -0.139. The summed E-state index contributed by atoms with van der Waals surface area (Å²) in [5.74, 6) is -0.324. The fourth-order valence-electron chi connectivity index (χ4n) is 1.60. The lowest BCUT2D eigenvalue weighted by Crippen LogP contribution is -2.43. The molecule has 0 aliphatic rings. The van der Waals surface area contributed by atoms with Gasteiger partial charge in [0.2, 0.25) is 0 Å². The fourth-order valence-corrected chi connectivity index (χ4v) is 1.60. The molecule has 0 bridgehead atoms. The molecule has 0 atom stereocenters. The molecule has 0 aliphatic carbocycles. The summed E-state index contributed by atoms with van der Waals surface area (Å²) in [6.07, 6.45) is 0.568. The standard InChI is InChI=1S/C16H23NO5/c1-16(2,21-3)15(20)17-11-12-6-8-13(9-7-12)22-10-4-5-14(18)19/h6-9H,4-5,10-11H2,1-3H3,(H,17,20)(H,18,19). The Morgan fingerprint density at radius 1 is 1.23 bits per heavy atom. The van der Waals surface area contributed by atoms with Crippen molar-refractivity contribution in [2.75, 3.05) is 13.7 Å². The van der Waals surface area contributed by atoms with E-state index in [0.717, 1.165) is 5.56 Å². The average molecular weight is 309 g/mol. The number of carboxylic acid groups (broad SMARTS) is 1. The number of aliphatic carboxylic acids is 1. The maximum Gasteiger partial charge on any atom is 0.303 e. The predicted molar refractivity (Wildman–Crippen MR) is 81.7 cm³/mol. The van der Waals surface area contributed by atoms with Crippen molar-refractivity contribution in [3.63, 3.8) is 0 Å². The summed E-state index contributed by atoms with van der Waals surface area (Å²) >= 11 is 0. The zero-order valence-corrected chi connectivity index (χ0v) is 13.2. The maximum absolute atomic E-state index is 11.9. The van der Waals surface area contributed by atoms with Crippen LogP contribution in [0.25, 0.3) is 0 Å². The van der Waals surface area contributed by atoms with Gasteiger partial charge in [0.05, 0.1) is 6.61 Å². The molecule has 2 N–H and O–H groups in total. The van der Waals surface area contributed by atoms with Gasteiger partial charge in [-0.15, -0.1) is 0 Å². The summed E-state index contributed by atoms with van der Waals surface area (Å²) in [5.41, 5.74) is 0.0887. The molecule has 1 aromatic carbocycles. The number of hydrogen-bond acceptors (Lipinski definition) is 4. The molecule has 1 aromatic rings. The van der Waals surface area contributed by atoms with Crippen molar-refractivity contribution < 1.29 is 24.2 Å². The van der Waals surface area contributed by atoms with Crippen LogP contribution in [0.1, 0.15) is 32.3 Å². The van der Waals surface area contributed by atoms with E-state index in [9.17, 15) is 9.59 Å². The third kappa shape index (κ3) is 6.13. The number of benzene rings is 1. The second-order valence-corrected chi connectivity index (χ2v) is 5.39. The van der Waals surface area contributed by atoms with Crippen molar-refractivity contribution in [1.82, 2.24) is 5.32 Å². The monoisotopic (exact) mass is 309 g/mol. The molecule has 0 saturated carbocycles. The summed E-state index contributed by atoms with van der Waals surface area (Å²) in [7, 11) is 1.50. The van der Waals surface area contributed by atoms with Gasteiger partial charge >= 0.3 is 5.97 Å². The number of hydrogen-bond donors (Lipinski definition) is 2. The molecule has 0 aliphatic heterocycles. The van der Waals surface area contributed by atoms with Gasteiger partial charge in [-0.05, 0) is 38.0 Å². The number of nitrogens with one attached hydrogen (secondary N) is 1. The number of methoxy groups -OCH3 is 1. The summed E-state index contributed by atoms with van der Waals surface area (Å²) in [6.45, 7) is 4.18. The minimum absolute atomic E-state index is 0.0966. The highest BCUT2D eigenvalue weighted by molar-refractivity contribution is 5.84. The number of rotatable bonds is 9. The number of ether oxygens (including phenoxy) is 2. The normalized spacial score (nSPS) is 11.0. The Morgan fingerprint density at radius 3 is 2.41 bits per heavy atom. The molecular weight excluding hydrogens is 286 g/mol. The van der Waals surface area contributed by atoms with Gasteiger partial charge in [0.1, 0.15) is 11.4 Å². The Hall–Kier alpha value is -2.08. The molecule has 0 aromatic heterocycles. The molecule has 0 spiro atoms. The number of carbonyl (C=O) groups excluding carboxylic acids is 1. The molecule has 1 amide bonds. The van der Waals surface area contributed by atoms with Crippen molar-refractivity contribution in [3.05, 3.63) is 29.8 Å². The van der Waals surface area contributed by atoms with E-state index >= 15 is 0 Å². The van der Waals surface area contributed by atoms with E-state index < -0.39 is 11.6 Å². The first-order chi connectivity index (χ1) is 10.3. The van der Waals surface area contributed by atoms with Crippen molar-refractivity contribution >= 4 is 11.9 Å². The van der Waals surface area contributed by atoms with Crippen LogP contribution in [0.5, 0.6) is 5.75 Å². The molecule has 0 radical (unpaired) electrons. The van der Waals surface area contributed by atoms with Gasteiger partial charge in [-0.3, -0.25) is 9.59 Å². The maximum atomic E-state index is 11.9. The van der Waals surface area contributed by atoms with E-state index in [4.69, 9.17) is 14.6 Å². The van der Waals surface area contributed by atoms with Gasteiger partial charge in [-0.1, -0.05) is 12.1 Å². The molecule has 0 saturated heterocycles. The quantitative estimate of drug-likeness (QED) is 0.681. The van der Waals surface area contributed by atoms with Crippen LogP contribution >= 0.6 is 0 Å². The Labute approximate surface area is 130 Å². The summed E-state index contributed by atoms with van der Waals surface area (Å²) in [4.78, 5) is 22.2. The van der Waals surface area contributed by atoms with E-state index in [2.05, 4.69) is 5.32 Å². The summed E-state index contributed by atoms with van der Waals surface area (Å²) in [5, 5.41) is 11.3. The molecule has 6 nitrogen and oxygen atoms in total. The Morgan fingerprint density at radius 2 is 1.86 bits per heavy atom. The number of carboxylic acids is 1. The largest absolute Gasteiger partial charge is 0.494 e. The van der Waals surface area contributed by atoms with E-state index in [1.165, 1.54) is 7.11 Å². The van der Waals surface area contributed by atoms with E-state index in [1.54, 1.807) is 26.0 Å². The van der Waals surface area contributed by atoms with Crippen LogP contribution in [-0.4, -0.2) is 36.3 Å². The first-order valence-electron chi connectivity index (χ1n) is 7.12. The van der Waals surface area contributed by atoms with Crippen molar-refractivity contribution in [2.24, 2.45) is 0 Å². The average Bonchev–Trinajstić information content (AvgIpc) is 2.50. The second kappa shape index (κ2) is 8.38. The summed E-state index contributed by atoms with van der Waals surface area (Å²) in [6, 6.07) is 7.30. The zero-order valence-electron chi connectivity index (χ0n) is 13.2. The number of carbonyl (C=O) groups is 2. The highest BCUT2D eigenvalue weighted by Crippen LogP contribution is 2.13. The third-order valence-corrected chi connectivity index (χ3v) is 3.24. The minimum atomic E-state index is -0.854. The Kier molecular flexibility index (Phi) is 6.85. The predicted octanol–water partition coefficient (Wildman–Crippen LogP) is 1.97. The molecular formula is C16H23NO5. The van der Waals surface area contributed by atoms with Gasteiger partial charge in [0.15, 0.2) is 0 Å². The SMILES string of the molecule is COC(C)(C)C(=O)NCc1ccc(OCCCC(=O)O)cc1. The third-order valence-electron chi connectivity index (χ3n) is 3.24. The molecule has 22 heavy (non-hydrogen) atoms. The second-order valence-electron chi connectivity index (χ2n) is 5.39. The fraction of sp³-hybridized carbons (Fsp3) is 0.500. The highest BCUT2D eigenvalue weighted by atomic mass is 16.5. The Balaban J connectivity index is 2.39. The lowest BCUT2D eigenvalue weighted by Gasteiger charge is -2.21. The van der Waals surface area contributed by atoms with Crippen LogP contribution in [0.3, 0.4) is 0 Å². The van der Waals surface area contributed by atoms with Crippen LogP contribution in [0.2, 0.25) is 0 Å². The van der Waals surface area contributed by atoms with Crippen LogP contribution in [-0.2, 0) is 20.9 Å². The van der Waals surface area contributed by atoms with Crippen molar-refractivity contribution in [3.8, 4) is 5.75 Å². The van der Waals surface area contributed by atoms with Crippen LogP contribution < -0.4 is 10.1 Å². The van der Waals surface area contributed by atoms with E-state index in [-0.39, 0.29) is 12.3 Å². The van der Waals surface area contributed by atoms with E-state index in [0.29, 0.717) is 25.3 Å². The van der Waals surface area contributed by atoms with Gasteiger partial charge in [-0.25, -0.2) is 0 Å². The molecule has 6 heteroatoms. The smallest absolute Gasteiger partial charge is 0.303 e. The minimum Gasteiger partial charge on any atom is -0.494 e. The van der Waals surface area contributed by atoms with Crippen molar-refractivity contribution in [1.29, 1.82) is 0 Å². The Bertz CT molecular complexity index is 496. The molecule has 0 fully saturated rings. The molecule has 0 unspecified atom stereocenters. The zero-order chi connectivity index (χ0) is 16.6. The molecule has 0 heterocycles. The van der Waals surface area contributed by atoms with Crippen molar-refractivity contribution in [2.45, 2.75) is 38.8 Å². The molecule has 122 valence electrons.